The predicted molar refractivity (Wildman–Crippen MR) is 100.0 cm³/mol. The molecule has 6 nitrogen and oxygen atoms in total. The van der Waals surface area contributed by atoms with Crippen LogP contribution >= 0.6 is 0 Å². The molecule has 0 fully saturated rings. The molecule has 0 aliphatic carbocycles. The van der Waals surface area contributed by atoms with Crippen LogP contribution in [0.5, 0.6) is 5.75 Å². The van der Waals surface area contributed by atoms with E-state index < -0.39 is 29.3 Å². The number of aromatic nitrogens is 3. The van der Waals surface area contributed by atoms with E-state index in [2.05, 4.69) is 10.3 Å². The Hall–Kier alpha value is -3.43. The molecule has 0 bridgehead atoms. The molecule has 0 spiro atoms. The van der Waals surface area contributed by atoms with Crippen LogP contribution in [0.2, 0.25) is 0 Å². The molecule has 0 saturated carbocycles. The van der Waals surface area contributed by atoms with Gasteiger partial charge in [0.1, 0.15) is 18.2 Å². The Kier molecular flexibility index (Phi) is 6.04. The van der Waals surface area contributed by atoms with Crippen molar-refractivity contribution in [2.45, 2.75) is 13.1 Å². The molecule has 2 aromatic carbocycles. The van der Waals surface area contributed by atoms with Gasteiger partial charge in [0.05, 0.1) is 12.2 Å². The number of carbonyl (C=O) groups is 1. The smallest absolute Gasteiger partial charge is 0.435 e. The second-order valence-electron chi connectivity index (χ2n) is 6.56. The number of carbonyl (C=O) groups excluding carboxylic acids is 1. The van der Waals surface area contributed by atoms with Crippen molar-refractivity contribution in [2.24, 2.45) is 0 Å². The maximum atomic E-state index is 13.7. The third-order valence-corrected chi connectivity index (χ3v) is 4.28. The quantitative estimate of drug-likeness (QED) is 0.566. The highest BCUT2D eigenvalue weighted by Gasteiger charge is 2.42. The lowest BCUT2D eigenvalue weighted by Gasteiger charge is -2.18. The molecule has 0 N–H and O–H groups in total. The van der Waals surface area contributed by atoms with E-state index in [4.69, 9.17) is 4.74 Å². The number of hydrogen-bond acceptors (Lipinski definition) is 4. The largest absolute Gasteiger partial charge is 0.492 e. The molecule has 30 heavy (non-hydrogen) atoms. The van der Waals surface area contributed by atoms with E-state index in [-0.39, 0.29) is 18.8 Å². The van der Waals surface area contributed by atoms with Crippen LogP contribution in [0.15, 0.2) is 48.5 Å². The Morgan fingerprint density at radius 1 is 1.10 bits per heavy atom. The van der Waals surface area contributed by atoms with Gasteiger partial charge in [-0.1, -0.05) is 22.9 Å². The summed E-state index contributed by atoms with van der Waals surface area (Å²) in [5.74, 6) is -0.986. The Balaban J connectivity index is 1.77. The molecule has 3 rings (SSSR count). The van der Waals surface area contributed by atoms with Gasteiger partial charge < -0.3 is 9.64 Å². The Labute approximate surface area is 169 Å². The first-order valence-corrected chi connectivity index (χ1v) is 8.90. The average Bonchev–Trinajstić information content (AvgIpc) is 3.15. The van der Waals surface area contributed by atoms with Crippen molar-refractivity contribution in [3.63, 3.8) is 0 Å². The second-order valence-corrected chi connectivity index (χ2v) is 6.56. The number of rotatable bonds is 6. The summed E-state index contributed by atoms with van der Waals surface area (Å²) in [4.78, 5) is 13.7. The number of alkyl halides is 3. The van der Waals surface area contributed by atoms with Crippen molar-refractivity contribution in [3.8, 4) is 11.4 Å². The lowest BCUT2D eigenvalue weighted by molar-refractivity contribution is -0.143. The van der Waals surface area contributed by atoms with E-state index in [0.717, 1.165) is 34.7 Å². The normalized spacial score (nSPS) is 11.4. The monoisotopic (exact) mass is 422 g/mol. The molecular formula is C20H18F4N4O2. The number of nitrogens with zero attached hydrogens (tertiary/aromatic N) is 4. The van der Waals surface area contributed by atoms with Gasteiger partial charge in [-0.25, -0.2) is 9.07 Å². The SMILES string of the molecule is Cc1ccc(OCCN(C)C(=O)c2nnn(-c3ccc(F)cc3)c2C(F)(F)F)cc1. The van der Waals surface area contributed by atoms with Crippen LogP contribution in [0.1, 0.15) is 21.7 Å². The molecular weight excluding hydrogens is 404 g/mol. The van der Waals surface area contributed by atoms with Crippen molar-refractivity contribution in [3.05, 3.63) is 71.3 Å². The lowest BCUT2D eigenvalue weighted by Crippen LogP contribution is -2.33. The van der Waals surface area contributed by atoms with E-state index in [0.29, 0.717) is 10.4 Å². The summed E-state index contributed by atoms with van der Waals surface area (Å²) in [7, 11) is 1.35. The van der Waals surface area contributed by atoms with Crippen LogP contribution in [0.3, 0.4) is 0 Å². The average molecular weight is 422 g/mol. The zero-order valence-electron chi connectivity index (χ0n) is 16.2. The number of ether oxygens (including phenoxy) is 1. The molecule has 10 heteroatoms. The summed E-state index contributed by atoms with van der Waals surface area (Å²) in [6.07, 6.45) is -4.90. The summed E-state index contributed by atoms with van der Waals surface area (Å²) >= 11 is 0. The molecule has 0 unspecified atom stereocenters. The van der Waals surface area contributed by atoms with E-state index in [9.17, 15) is 22.4 Å². The minimum atomic E-state index is -4.90. The summed E-state index contributed by atoms with van der Waals surface area (Å²) in [5.41, 5.74) is -1.19. The van der Waals surface area contributed by atoms with Crippen molar-refractivity contribution in [1.82, 2.24) is 19.9 Å². The first kappa shape index (κ1) is 21.3. The van der Waals surface area contributed by atoms with Gasteiger partial charge in [0.25, 0.3) is 5.91 Å². The molecule has 1 heterocycles. The number of halogens is 4. The van der Waals surface area contributed by atoms with Gasteiger partial charge in [0.15, 0.2) is 11.4 Å². The van der Waals surface area contributed by atoms with Crippen molar-refractivity contribution in [2.75, 3.05) is 20.2 Å². The Morgan fingerprint density at radius 3 is 2.33 bits per heavy atom. The van der Waals surface area contributed by atoms with Crippen molar-refractivity contribution < 1.29 is 27.1 Å². The summed E-state index contributed by atoms with van der Waals surface area (Å²) in [5, 5.41) is 6.91. The highest BCUT2D eigenvalue weighted by Crippen LogP contribution is 2.33. The lowest BCUT2D eigenvalue weighted by atomic mass is 10.2. The van der Waals surface area contributed by atoms with E-state index in [1.165, 1.54) is 7.05 Å². The van der Waals surface area contributed by atoms with Gasteiger partial charge in [-0.05, 0) is 43.3 Å². The van der Waals surface area contributed by atoms with Crippen LogP contribution in [0.4, 0.5) is 17.6 Å². The van der Waals surface area contributed by atoms with Gasteiger partial charge in [-0.2, -0.15) is 13.2 Å². The maximum Gasteiger partial charge on any atom is 0.435 e. The van der Waals surface area contributed by atoms with Crippen LogP contribution in [0, 0.1) is 12.7 Å². The molecule has 1 amide bonds. The first-order valence-electron chi connectivity index (χ1n) is 8.90. The van der Waals surface area contributed by atoms with E-state index >= 15 is 0 Å². The number of likely N-dealkylation sites (N-methyl/N-ethyl adjacent to an activating group) is 1. The van der Waals surface area contributed by atoms with Gasteiger partial charge in [-0.3, -0.25) is 4.79 Å². The standard InChI is InChI=1S/C20H18F4N4O2/c1-13-3-9-16(10-4-13)30-12-11-27(2)19(29)17-18(20(22,23)24)28(26-25-17)15-7-5-14(21)6-8-15/h3-10H,11-12H2,1-2H3. The molecule has 0 aliphatic heterocycles. The molecule has 0 saturated heterocycles. The van der Waals surface area contributed by atoms with Crippen LogP contribution in [-0.2, 0) is 6.18 Å². The molecule has 3 aromatic rings. The molecule has 0 aliphatic rings. The van der Waals surface area contributed by atoms with E-state index in [1.54, 1.807) is 12.1 Å². The molecule has 0 atom stereocenters. The summed E-state index contributed by atoms with van der Waals surface area (Å²) in [6, 6.07) is 11.4. The minimum absolute atomic E-state index is 0.0351. The third kappa shape index (κ3) is 4.76. The number of aryl methyl sites for hydroxylation is 1. The number of benzene rings is 2. The van der Waals surface area contributed by atoms with Crippen LogP contribution in [0.25, 0.3) is 5.69 Å². The van der Waals surface area contributed by atoms with Crippen molar-refractivity contribution in [1.29, 1.82) is 0 Å². The fourth-order valence-corrected chi connectivity index (χ4v) is 2.66. The second kappa shape index (κ2) is 8.52. The fourth-order valence-electron chi connectivity index (χ4n) is 2.66. The molecule has 158 valence electrons. The Bertz CT molecular complexity index is 1010. The zero-order valence-corrected chi connectivity index (χ0v) is 16.2. The highest BCUT2D eigenvalue weighted by molar-refractivity contribution is 5.93. The number of hydrogen-bond donors (Lipinski definition) is 0. The first-order chi connectivity index (χ1) is 14.2. The Morgan fingerprint density at radius 2 is 1.73 bits per heavy atom. The van der Waals surface area contributed by atoms with Crippen LogP contribution < -0.4 is 4.74 Å². The summed E-state index contributed by atoms with van der Waals surface area (Å²) < 4.78 is 60.1. The predicted octanol–water partition coefficient (Wildman–Crippen LogP) is 3.88. The van der Waals surface area contributed by atoms with Gasteiger partial charge >= 0.3 is 6.18 Å². The van der Waals surface area contributed by atoms with Crippen LogP contribution in [-0.4, -0.2) is 46.0 Å². The van der Waals surface area contributed by atoms with Crippen molar-refractivity contribution >= 4 is 5.91 Å². The highest BCUT2D eigenvalue weighted by atomic mass is 19.4. The summed E-state index contributed by atoms with van der Waals surface area (Å²) in [6.45, 7) is 2.04. The number of amides is 1. The van der Waals surface area contributed by atoms with E-state index in [1.807, 2.05) is 19.1 Å². The topological polar surface area (TPSA) is 60.2 Å². The third-order valence-electron chi connectivity index (χ3n) is 4.28. The zero-order chi connectivity index (χ0) is 21.9. The van der Waals surface area contributed by atoms with Gasteiger partial charge in [-0.15, -0.1) is 5.10 Å². The van der Waals surface area contributed by atoms with Gasteiger partial charge in [0.2, 0.25) is 0 Å². The molecule has 1 aromatic heterocycles. The fraction of sp³-hybridized carbons (Fsp3) is 0.250. The van der Waals surface area contributed by atoms with Gasteiger partial charge in [0, 0.05) is 7.05 Å². The molecule has 0 radical (unpaired) electrons. The maximum absolute atomic E-state index is 13.7. The minimum Gasteiger partial charge on any atom is -0.492 e.